The number of nitriles is 1. The molecule has 0 spiro atoms. The number of amides is 2. The van der Waals surface area contributed by atoms with Gasteiger partial charge in [-0.2, -0.15) is 5.26 Å². The molecule has 0 radical (unpaired) electrons. The van der Waals surface area contributed by atoms with Crippen LogP contribution in [0.2, 0.25) is 0 Å². The highest BCUT2D eigenvalue weighted by atomic mass is 32.2. The van der Waals surface area contributed by atoms with Crippen LogP contribution < -0.4 is 9.47 Å². The van der Waals surface area contributed by atoms with E-state index in [0.717, 1.165) is 16.7 Å². The Morgan fingerprint density at radius 1 is 1.17 bits per heavy atom. The van der Waals surface area contributed by atoms with Gasteiger partial charge in [0.2, 0.25) is 0 Å². The van der Waals surface area contributed by atoms with Crippen molar-refractivity contribution in [3.63, 3.8) is 0 Å². The normalized spacial score (nSPS) is 14.7. The van der Waals surface area contributed by atoms with Crippen LogP contribution in [-0.4, -0.2) is 29.3 Å². The molecule has 0 unspecified atom stereocenters. The molecule has 0 N–H and O–H groups in total. The van der Waals surface area contributed by atoms with Crippen LogP contribution in [0.3, 0.4) is 0 Å². The second kappa shape index (κ2) is 9.81. The highest BCUT2D eigenvalue weighted by molar-refractivity contribution is 8.18. The van der Waals surface area contributed by atoms with Crippen molar-refractivity contribution >= 4 is 29.0 Å². The maximum atomic E-state index is 12.8. The third-order valence-electron chi connectivity index (χ3n) is 4.26. The fourth-order valence-electron chi connectivity index (χ4n) is 2.88. The summed E-state index contributed by atoms with van der Waals surface area (Å²) in [6.07, 6.45) is 3.30. The van der Waals surface area contributed by atoms with Gasteiger partial charge in [-0.3, -0.25) is 14.5 Å². The summed E-state index contributed by atoms with van der Waals surface area (Å²) in [5.74, 6) is 0.744. The lowest BCUT2D eigenvalue weighted by Crippen LogP contribution is -2.27. The smallest absolute Gasteiger partial charge is 0.293 e. The summed E-state index contributed by atoms with van der Waals surface area (Å²) in [7, 11) is 0. The number of thioether (sulfide) groups is 1. The minimum absolute atomic E-state index is 0.0598. The fourth-order valence-corrected chi connectivity index (χ4v) is 3.71. The van der Waals surface area contributed by atoms with Crippen molar-refractivity contribution in [3.8, 4) is 17.6 Å². The number of nitrogens with zero attached hydrogens (tertiary/aromatic N) is 2. The van der Waals surface area contributed by atoms with Crippen molar-refractivity contribution in [3.05, 3.63) is 76.7 Å². The monoisotopic (exact) mass is 420 g/mol. The zero-order chi connectivity index (χ0) is 21.5. The molecular weight excluding hydrogens is 400 g/mol. The van der Waals surface area contributed by atoms with E-state index in [4.69, 9.17) is 9.47 Å². The van der Waals surface area contributed by atoms with Gasteiger partial charge in [0, 0.05) is 0 Å². The molecule has 7 heteroatoms. The molecule has 0 bridgehead atoms. The van der Waals surface area contributed by atoms with Crippen molar-refractivity contribution in [1.29, 1.82) is 5.26 Å². The Morgan fingerprint density at radius 2 is 1.97 bits per heavy atom. The Morgan fingerprint density at radius 3 is 2.70 bits per heavy atom. The third-order valence-corrected chi connectivity index (χ3v) is 5.17. The molecule has 2 aromatic carbocycles. The Kier molecular flexibility index (Phi) is 6.94. The molecule has 152 valence electrons. The first kappa shape index (κ1) is 21.2. The van der Waals surface area contributed by atoms with E-state index in [1.807, 2.05) is 6.92 Å². The molecule has 1 fully saturated rings. The van der Waals surface area contributed by atoms with E-state index in [1.165, 1.54) is 0 Å². The van der Waals surface area contributed by atoms with Gasteiger partial charge in [0.1, 0.15) is 6.61 Å². The molecule has 0 aromatic heterocycles. The molecule has 1 saturated heterocycles. The van der Waals surface area contributed by atoms with Crippen molar-refractivity contribution in [2.45, 2.75) is 13.5 Å². The number of hydrogen-bond acceptors (Lipinski definition) is 6. The SMILES string of the molecule is C=CCOc1ccc(/C=C2/SC(=O)N(Cc3ccccc3C#N)C2=O)cc1OCC. The molecule has 3 rings (SSSR count). The third kappa shape index (κ3) is 4.73. The molecular formula is C23H20N2O4S. The van der Waals surface area contributed by atoms with E-state index in [2.05, 4.69) is 12.6 Å². The number of imide groups is 1. The van der Waals surface area contributed by atoms with Gasteiger partial charge in [0.05, 0.1) is 29.7 Å². The quantitative estimate of drug-likeness (QED) is 0.453. The van der Waals surface area contributed by atoms with E-state index < -0.39 is 0 Å². The molecule has 1 aliphatic rings. The van der Waals surface area contributed by atoms with Gasteiger partial charge in [-0.25, -0.2) is 0 Å². The van der Waals surface area contributed by atoms with Crippen LogP contribution in [0.5, 0.6) is 11.5 Å². The number of carbonyl (C=O) groups excluding carboxylic acids is 2. The van der Waals surface area contributed by atoms with Crippen LogP contribution in [0.15, 0.2) is 60.0 Å². The van der Waals surface area contributed by atoms with Crippen molar-refractivity contribution in [1.82, 2.24) is 4.90 Å². The van der Waals surface area contributed by atoms with Crippen LogP contribution in [-0.2, 0) is 11.3 Å². The van der Waals surface area contributed by atoms with Gasteiger partial charge in [-0.1, -0.05) is 36.9 Å². The Bertz CT molecular complexity index is 1060. The maximum Gasteiger partial charge on any atom is 0.293 e. The summed E-state index contributed by atoms with van der Waals surface area (Å²) in [4.78, 5) is 26.7. The Labute approximate surface area is 179 Å². The molecule has 0 atom stereocenters. The Hall–Kier alpha value is -3.50. The first-order valence-corrected chi connectivity index (χ1v) is 10.1. The average molecular weight is 420 g/mol. The largest absolute Gasteiger partial charge is 0.490 e. The molecule has 1 heterocycles. The highest BCUT2D eigenvalue weighted by Gasteiger charge is 2.35. The lowest BCUT2D eigenvalue weighted by atomic mass is 10.1. The first-order valence-electron chi connectivity index (χ1n) is 9.31. The van der Waals surface area contributed by atoms with Gasteiger partial charge in [-0.15, -0.1) is 0 Å². The Balaban J connectivity index is 1.83. The van der Waals surface area contributed by atoms with Crippen LogP contribution in [0, 0.1) is 11.3 Å². The maximum absolute atomic E-state index is 12.8. The minimum atomic E-state index is -0.386. The molecule has 1 aliphatic heterocycles. The molecule has 0 saturated carbocycles. The van der Waals surface area contributed by atoms with Crippen molar-refractivity contribution in [2.24, 2.45) is 0 Å². The second-order valence-corrected chi connectivity index (χ2v) is 7.27. The number of ether oxygens (including phenoxy) is 2. The fraction of sp³-hybridized carbons (Fsp3) is 0.174. The summed E-state index contributed by atoms with van der Waals surface area (Å²) in [5, 5.41) is 8.87. The number of hydrogen-bond donors (Lipinski definition) is 0. The summed E-state index contributed by atoms with van der Waals surface area (Å²) >= 11 is 0.877. The standard InChI is InChI=1S/C23H20N2O4S/c1-3-11-29-19-10-9-16(12-20(19)28-4-2)13-21-22(26)25(23(27)30-21)15-18-8-6-5-7-17(18)14-24/h3,5-10,12-13H,1,4,11,15H2,2H3/b21-13+. The van der Waals surface area contributed by atoms with E-state index in [1.54, 1.807) is 54.6 Å². The summed E-state index contributed by atoms with van der Waals surface area (Å²) in [5.41, 5.74) is 1.79. The number of rotatable bonds is 8. The second-order valence-electron chi connectivity index (χ2n) is 6.28. The van der Waals surface area contributed by atoms with Crippen LogP contribution in [0.4, 0.5) is 4.79 Å². The van der Waals surface area contributed by atoms with Gasteiger partial charge in [0.25, 0.3) is 11.1 Å². The first-order chi connectivity index (χ1) is 14.6. The van der Waals surface area contributed by atoms with Gasteiger partial charge < -0.3 is 9.47 Å². The lowest BCUT2D eigenvalue weighted by molar-refractivity contribution is -0.123. The predicted octanol–water partition coefficient (Wildman–Crippen LogP) is 4.76. The molecule has 2 aromatic rings. The van der Waals surface area contributed by atoms with E-state index >= 15 is 0 Å². The molecule has 6 nitrogen and oxygen atoms in total. The highest BCUT2D eigenvalue weighted by Crippen LogP contribution is 2.35. The van der Waals surface area contributed by atoms with Gasteiger partial charge >= 0.3 is 0 Å². The lowest BCUT2D eigenvalue weighted by Gasteiger charge is -2.13. The van der Waals surface area contributed by atoms with Crippen molar-refractivity contribution in [2.75, 3.05) is 13.2 Å². The summed E-state index contributed by atoms with van der Waals surface area (Å²) in [6, 6.07) is 14.3. The predicted molar refractivity (Wildman–Crippen MR) is 116 cm³/mol. The average Bonchev–Trinajstić information content (AvgIpc) is 3.01. The zero-order valence-corrected chi connectivity index (χ0v) is 17.3. The molecule has 0 aliphatic carbocycles. The number of carbonyl (C=O) groups is 2. The van der Waals surface area contributed by atoms with E-state index in [0.29, 0.717) is 46.3 Å². The van der Waals surface area contributed by atoms with E-state index in [9.17, 15) is 14.9 Å². The number of benzene rings is 2. The van der Waals surface area contributed by atoms with Gasteiger partial charge in [-0.05, 0) is 54.1 Å². The van der Waals surface area contributed by atoms with Crippen LogP contribution >= 0.6 is 11.8 Å². The summed E-state index contributed by atoms with van der Waals surface area (Å²) in [6.45, 7) is 6.37. The summed E-state index contributed by atoms with van der Waals surface area (Å²) < 4.78 is 11.2. The topological polar surface area (TPSA) is 79.6 Å². The molecule has 2 amide bonds. The molecule has 30 heavy (non-hydrogen) atoms. The van der Waals surface area contributed by atoms with Crippen LogP contribution in [0.1, 0.15) is 23.6 Å². The van der Waals surface area contributed by atoms with Crippen molar-refractivity contribution < 1.29 is 19.1 Å². The minimum Gasteiger partial charge on any atom is -0.490 e. The van der Waals surface area contributed by atoms with Gasteiger partial charge in [0.15, 0.2) is 11.5 Å². The zero-order valence-electron chi connectivity index (χ0n) is 16.5. The van der Waals surface area contributed by atoms with E-state index in [-0.39, 0.29) is 17.7 Å². The van der Waals surface area contributed by atoms with Crippen LogP contribution in [0.25, 0.3) is 6.08 Å².